The highest BCUT2D eigenvalue weighted by atomic mass is 32.2. The minimum Gasteiger partial charge on any atom is -0.326 e. The molecule has 0 bridgehead atoms. The summed E-state index contributed by atoms with van der Waals surface area (Å²) < 4.78 is 23.9. The second kappa shape index (κ2) is 6.98. The van der Waals surface area contributed by atoms with Gasteiger partial charge in [-0.15, -0.1) is 0 Å². The third kappa shape index (κ3) is 5.74. The molecule has 7 nitrogen and oxygen atoms in total. The van der Waals surface area contributed by atoms with Crippen LogP contribution in [-0.4, -0.2) is 25.8 Å². The molecular formula is C13H17N3O4S. The van der Waals surface area contributed by atoms with E-state index in [1.54, 1.807) is 6.92 Å². The second-order valence-electron chi connectivity index (χ2n) is 4.53. The van der Waals surface area contributed by atoms with Crippen LogP contribution in [0.1, 0.15) is 27.2 Å². The van der Waals surface area contributed by atoms with Gasteiger partial charge in [-0.1, -0.05) is 0 Å². The molecular weight excluding hydrogens is 294 g/mol. The number of amides is 1. The summed E-state index contributed by atoms with van der Waals surface area (Å²) in [5.74, 6) is -0.344. The van der Waals surface area contributed by atoms with Crippen molar-refractivity contribution in [3.63, 3.8) is 0 Å². The number of nitrogens with one attached hydrogen (secondary N) is 2. The minimum atomic E-state index is -3.80. The topological polar surface area (TPSA) is 105 Å². The Morgan fingerprint density at radius 1 is 1.10 bits per heavy atom. The van der Waals surface area contributed by atoms with Crippen molar-refractivity contribution < 1.29 is 18.0 Å². The smallest absolute Gasteiger partial charge is 0.276 e. The zero-order valence-corrected chi connectivity index (χ0v) is 12.8. The number of sulfonamides is 1. The summed E-state index contributed by atoms with van der Waals surface area (Å²) in [4.78, 5) is 23.8. The number of carbonyl (C=O) groups is 2. The Morgan fingerprint density at radius 3 is 2.14 bits per heavy atom. The van der Waals surface area contributed by atoms with Crippen LogP contribution >= 0.6 is 0 Å². The molecule has 0 aliphatic rings. The lowest BCUT2D eigenvalue weighted by Gasteiger charge is -2.06. The third-order valence-corrected chi connectivity index (χ3v) is 3.57. The summed E-state index contributed by atoms with van der Waals surface area (Å²) in [7, 11) is -3.80. The molecule has 114 valence electrons. The first-order valence-corrected chi connectivity index (χ1v) is 7.61. The van der Waals surface area contributed by atoms with E-state index in [4.69, 9.17) is 0 Å². The summed E-state index contributed by atoms with van der Waals surface area (Å²) in [6.45, 7) is 4.32. The summed E-state index contributed by atoms with van der Waals surface area (Å²) in [6.07, 6.45) is 0.0873. The van der Waals surface area contributed by atoms with Crippen LogP contribution in [0.25, 0.3) is 0 Å². The number of ketones is 1. The van der Waals surface area contributed by atoms with Crippen LogP contribution in [-0.2, 0) is 19.6 Å². The van der Waals surface area contributed by atoms with Gasteiger partial charge in [0, 0.05) is 24.7 Å². The zero-order chi connectivity index (χ0) is 16.0. The number of hydrogen-bond acceptors (Lipinski definition) is 5. The SMILES string of the molecule is CC(=O)CC(C)=NNS(=O)(=O)c1ccc(NC(C)=O)cc1. The largest absolute Gasteiger partial charge is 0.326 e. The molecule has 1 aromatic rings. The third-order valence-electron chi connectivity index (χ3n) is 2.35. The summed E-state index contributed by atoms with van der Waals surface area (Å²) in [6, 6.07) is 5.65. The minimum absolute atomic E-state index is 0.0102. The molecule has 0 heterocycles. The van der Waals surface area contributed by atoms with Gasteiger partial charge in [-0.3, -0.25) is 9.59 Å². The van der Waals surface area contributed by atoms with E-state index >= 15 is 0 Å². The van der Waals surface area contributed by atoms with E-state index in [1.165, 1.54) is 38.1 Å². The van der Waals surface area contributed by atoms with Crippen LogP contribution in [0.2, 0.25) is 0 Å². The number of benzene rings is 1. The maximum Gasteiger partial charge on any atom is 0.276 e. The summed E-state index contributed by atoms with van der Waals surface area (Å²) in [5, 5.41) is 6.21. The van der Waals surface area contributed by atoms with Crippen LogP contribution in [0.5, 0.6) is 0 Å². The van der Waals surface area contributed by atoms with Crippen LogP contribution in [0.3, 0.4) is 0 Å². The van der Waals surface area contributed by atoms with Crippen LogP contribution in [0.4, 0.5) is 5.69 Å². The standard InChI is InChI=1S/C13H17N3O4S/c1-9(8-10(2)17)15-16-21(19,20)13-6-4-12(5-7-13)14-11(3)18/h4-7,16H,8H2,1-3H3,(H,14,18). The van der Waals surface area contributed by atoms with Gasteiger partial charge in [0.1, 0.15) is 5.78 Å². The average molecular weight is 311 g/mol. The van der Waals surface area contributed by atoms with E-state index in [0.717, 1.165) is 0 Å². The molecule has 0 saturated carbocycles. The fourth-order valence-corrected chi connectivity index (χ4v) is 2.39. The molecule has 8 heteroatoms. The van der Waals surface area contributed by atoms with Crippen molar-refractivity contribution in [2.45, 2.75) is 32.1 Å². The fourth-order valence-electron chi connectivity index (χ4n) is 1.51. The van der Waals surface area contributed by atoms with Crippen molar-refractivity contribution in [2.24, 2.45) is 5.10 Å². The maximum absolute atomic E-state index is 12.0. The first-order chi connectivity index (χ1) is 9.70. The number of rotatable bonds is 6. The summed E-state index contributed by atoms with van der Waals surface area (Å²) >= 11 is 0. The molecule has 0 unspecified atom stereocenters. The Bertz CT molecular complexity index is 663. The molecule has 0 fully saturated rings. The van der Waals surface area contributed by atoms with Gasteiger partial charge in [0.05, 0.1) is 4.90 Å². The van der Waals surface area contributed by atoms with Gasteiger partial charge in [-0.2, -0.15) is 13.5 Å². The molecule has 21 heavy (non-hydrogen) atoms. The fraction of sp³-hybridized carbons (Fsp3) is 0.308. The molecule has 0 spiro atoms. The zero-order valence-electron chi connectivity index (χ0n) is 12.0. The molecule has 0 radical (unpaired) electrons. The molecule has 0 aliphatic carbocycles. The Kier molecular flexibility index (Phi) is 5.60. The van der Waals surface area contributed by atoms with Crippen molar-refractivity contribution in [1.82, 2.24) is 4.83 Å². The Morgan fingerprint density at radius 2 is 1.67 bits per heavy atom. The predicted octanol–water partition coefficient (Wildman–Crippen LogP) is 1.28. The van der Waals surface area contributed by atoms with Gasteiger partial charge < -0.3 is 5.32 Å². The lowest BCUT2D eigenvalue weighted by atomic mass is 10.2. The quantitative estimate of drug-likeness (QED) is 0.610. The van der Waals surface area contributed by atoms with E-state index in [0.29, 0.717) is 11.4 Å². The number of nitrogens with zero attached hydrogens (tertiary/aromatic N) is 1. The van der Waals surface area contributed by atoms with Crippen LogP contribution in [0.15, 0.2) is 34.3 Å². The molecule has 0 aromatic heterocycles. The normalized spacial score (nSPS) is 11.9. The van der Waals surface area contributed by atoms with E-state index < -0.39 is 10.0 Å². The van der Waals surface area contributed by atoms with E-state index in [2.05, 4.69) is 15.2 Å². The highest BCUT2D eigenvalue weighted by molar-refractivity contribution is 7.89. The molecule has 0 atom stereocenters. The monoisotopic (exact) mass is 311 g/mol. The lowest BCUT2D eigenvalue weighted by Crippen LogP contribution is -2.20. The molecule has 0 aliphatic heterocycles. The van der Waals surface area contributed by atoms with Gasteiger partial charge in [-0.05, 0) is 38.1 Å². The first kappa shape index (κ1) is 16.8. The van der Waals surface area contributed by atoms with Crippen LogP contribution in [0, 0.1) is 0 Å². The van der Waals surface area contributed by atoms with E-state index in [-0.39, 0.29) is 23.0 Å². The first-order valence-electron chi connectivity index (χ1n) is 6.13. The van der Waals surface area contributed by atoms with Gasteiger partial charge in [0.2, 0.25) is 5.91 Å². The van der Waals surface area contributed by atoms with Gasteiger partial charge in [0.15, 0.2) is 0 Å². The second-order valence-corrected chi connectivity index (χ2v) is 6.19. The average Bonchev–Trinajstić information content (AvgIpc) is 2.36. The van der Waals surface area contributed by atoms with E-state index in [1.807, 2.05) is 0 Å². The number of carbonyl (C=O) groups excluding carboxylic acids is 2. The number of hydrazone groups is 1. The highest BCUT2D eigenvalue weighted by Gasteiger charge is 2.13. The van der Waals surface area contributed by atoms with Gasteiger partial charge >= 0.3 is 0 Å². The Labute approximate surface area is 123 Å². The Balaban J connectivity index is 2.83. The van der Waals surface area contributed by atoms with Crippen molar-refractivity contribution in [3.8, 4) is 0 Å². The molecule has 1 amide bonds. The number of anilines is 1. The number of hydrogen-bond donors (Lipinski definition) is 2. The van der Waals surface area contributed by atoms with Crippen molar-refractivity contribution in [2.75, 3.05) is 5.32 Å². The van der Waals surface area contributed by atoms with E-state index in [9.17, 15) is 18.0 Å². The van der Waals surface area contributed by atoms with Crippen molar-refractivity contribution in [3.05, 3.63) is 24.3 Å². The number of Topliss-reactive ketones (excluding diaryl/α,β-unsaturated/α-hetero) is 1. The predicted molar refractivity (Wildman–Crippen MR) is 79.5 cm³/mol. The maximum atomic E-state index is 12.0. The van der Waals surface area contributed by atoms with Gasteiger partial charge in [0.25, 0.3) is 10.0 Å². The molecule has 2 N–H and O–H groups in total. The molecule has 1 rings (SSSR count). The molecule has 0 saturated heterocycles. The highest BCUT2D eigenvalue weighted by Crippen LogP contribution is 2.13. The Hall–Kier alpha value is -2.22. The van der Waals surface area contributed by atoms with Crippen molar-refractivity contribution >= 4 is 33.1 Å². The van der Waals surface area contributed by atoms with Crippen LogP contribution < -0.4 is 10.1 Å². The molecule has 1 aromatic carbocycles. The lowest BCUT2D eigenvalue weighted by molar-refractivity contribution is -0.116. The van der Waals surface area contributed by atoms with Gasteiger partial charge in [-0.25, -0.2) is 4.83 Å². The summed E-state index contributed by atoms with van der Waals surface area (Å²) in [5.41, 5.74) is 0.874. The van der Waals surface area contributed by atoms with Crippen molar-refractivity contribution in [1.29, 1.82) is 0 Å².